The molecule has 2 aromatic carbocycles. The summed E-state index contributed by atoms with van der Waals surface area (Å²) in [6.45, 7) is 5.90. The van der Waals surface area contributed by atoms with Gasteiger partial charge in [0.2, 0.25) is 0 Å². The van der Waals surface area contributed by atoms with Gasteiger partial charge in [-0.05, 0) is 91.5 Å². The van der Waals surface area contributed by atoms with Crippen LogP contribution in [0.25, 0.3) is 0 Å². The van der Waals surface area contributed by atoms with E-state index in [4.69, 9.17) is 4.74 Å². The number of anilines is 2. The van der Waals surface area contributed by atoms with Crippen LogP contribution in [0, 0.1) is 0 Å². The van der Waals surface area contributed by atoms with Gasteiger partial charge in [0.05, 0.1) is 11.1 Å². The van der Waals surface area contributed by atoms with Gasteiger partial charge in [-0.15, -0.1) is 0 Å². The van der Waals surface area contributed by atoms with Gasteiger partial charge in [-0.3, -0.25) is 4.79 Å². The van der Waals surface area contributed by atoms with E-state index < -0.39 is 0 Å². The molecule has 0 aliphatic carbocycles. The fourth-order valence-electron chi connectivity index (χ4n) is 3.34. The summed E-state index contributed by atoms with van der Waals surface area (Å²) in [7, 11) is 0. The quantitative estimate of drug-likeness (QED) is 0.701. The van der Waals surface area contributed by atoms with Gasteiger partial charge in [-0.25, -0.2) is 0 Å². The molecule has 26 heavy (non-hydrogen) atoms. The Morgan fingerprint density at radius 3 is 2.65 bits per heavy atom. The highest BCUT2D eigenvalue weighted by Crippen LogP contribution is 2.28. The molecule has 0 radical (unpaired) electrons. The van der Waals surface area contributed by atoms with Crippen molar-refractivity contribution in [2.45, 2.75) is 39.2 Å². The molecular weight excluding hydrogens is 392 g/mol. The van der Waals surface area contributed by atoms with E-state index in [0.29, 0.717) is 18.2 Å². The molecule has 5 heteroatoms. The molecule has 138 valence electrons. The molecule has 1 saturated heterocycles. The Morgan fingerprint density at radius 2 is 2.00 bits per heavy atom. The van der Waals surface area contributed by atoms with E-state index in [-0.39, 0.29) is 5.91 Å². The fraction of sp³-hybridized carbons (Fsp3) is 0.381. The highest BCUT2D eigenvalue weighted by molar-refractivity contribution is 9.10. The van der Waals surface area contributed by atoms with Crippen LogP contribution in [0.2, 0.25) is 0 Å². The summed E-state index contributed by atoms with van der Waals surface area (Å²) in [5.74, 6) is 0.608. The Balaban J connectivity index is 1.67. The van der Waals surface area contributed by atoms with Crippen molar-refractivity contribution in [1.82, 2.24) is 0 Å². The maximum atomic E-state index is 12.5. The lowest BCUT2D eigenvalue weighted by Crippen LogP contribution is -2.37. The second kappa shape index (κ2) is 8.58. The van der Waals surface area contributed by atoms with Crippen molar-refractivity contribution in [1.29, 1.82) is 0 Å². The lowest BCUT2D eigenvalue weighted by atomic mass is 10.0. The van der Waals surface area contributed by atoms with E-state index in [1.54, 1.807) is 12.1 Å². The second-order valence-electron chi connectivity index (χ2n) is 6.62. The highest BCUT2D eigenvalue weighted by atomic mass is 79.9. The first-order chi connectivity index (χ1) is 12.6. The Bertz CT molecular complexity index is 761. The van der Waals surface area contributed by atoms with Crippen molar-refractivity contribution >= 4 is 33.2 Å². The minimum absolute atomic E-state index is 0.132. The smallest absolute Gasteiger partial charge is 0.255 e. The number of carbonyl (C=O) groups is 1. The van der Waals surface area contributed by atoms with Crippen molar-refractivity contribution in [2.24, 2.45) is 0 Å². The molecule has 0 unspecified atom stereocenters. The standard InChI is InChI=1S/C21H25BrN2O2/c1-3-26-20-12-7-16(14-19(20)22)21(25)23-17-8-10-18(11-9-17)24-13-5-4-6-15(24)2/h7-12,14-15H,3-6,13H2,1-2H3,(H,23,25)/t15-/m1/s1. The number of nitrogens with one attached hydrogen (secondary N) is 1. The van der Waals surface area contributed by atoms with Crippen molar-refractivity contribution in [2.75, 3.05) is 23.4 Å². The van der Waals surface area contributed by atoms with Crippen LogP contribution in [0.3, 0.4) is 0 Å². The summed E-state index contributed by atoms with van der Waals surface area (Å²) in [5.41, 5.74) is 2.61. The van der Waals surface area contributed by atoms with E-state index in [0.717, 1.165) is 22.5 Å². The lowest BCUT2D eigenvalue weighted by molar-refractivity contribution is 0.102. The molecule has 0 spiro atoms. The summed E-state index contributed by atoms with van der Waals surface area (Å²) < 4.78 is 6.26. The number of ether oxygens (including phenoxy) is 1. The number of benzene rings is 2. The van der Waals surface area contributed by atoms with Crippen LogP contribution in [-0.2, 0) is 0 Å². The van der Waals surface area contributed by atoms with Crippen LogP contribution in [0.4, 0.5) is 11.4 Å². The molecule has 1 amide bonds. The molecule has 1 N–H and O–H groups in total. The van der Waals surface area contributed by atoms with Gasteiger partial charge < -0.3 is 15.0 Å². The molecule has 1 aliphatic heterocycles. The molecule has 0 saturated carbocycles. The monoisotopic (exact) mass is 416 g/mol. The van der Waals surface area contributed by atoms with E-state index in [1.165, 1.54) is 24.9 Å². The third-order valence-electron chi connectivity index (χ3n) is 4.75. The van der Waals surface area contributed by atoms with Crippen LogP contribution < -0.4 is 15.0 Å². The van der Waals surface area contributed by atoms with E-state index >= 15 is 0 Å². The zero-order chi connectivity index (χ0) is 18.5. The predicted molar refractivity (Wildman–Crippen MR) is 110 cm³/mol. The van der Waals surface area contributed by atoms with Gasteiger partial charge in [0.25, 0.3) is 5.91 Å². The number of rotatable bonds is 5. The minimum Gasteiger partial charge on any atom is -0.493 e. The lowest BCUT2D eigenvalue weighted by Gasteiger charge is -2.35. The van der Waals surface area contributed by atoms with Gasteiger partial charge in [0.15, 0.2) is 0 Å². The summed E-state index contributed by atoms with van der Waals surface area (Å²) in [5, 5.41) is 2.96. The maximum absolute atomic E-state index is 12.5. The molecular formula is C21H25BrN2O2. The molecule has 1 atom stereocenters. The van der Waals surface area contributed by atoms with Gasteiger partial charge in [-0.1, -0.05) is 0 Å². The van der Waals surface area contributed by atoms with Gasteiger partial charge in [0, 0.05) is 29.5 Å². The Labute approximate surface area is 163 Å². The average Bonchev–Trinajstić information content (AvgIpc) is 2.65. The summed E-state index contributed by atoms with van der Waals surface area (Å²) in [4.78, 5) is 14.9. The Morgan fingerprint density at radius 1 is 1.23 bits per heavy atom. The summed E-state index contributed by atoms with van der Waals surface area (Å²) in [6, 6.07) is 14.1. The number of carbonyl (C=O) groups excluding carboxylic acids is 1. The summed E-state index contributed by atoms with van der Waals surface area (Å²) in [6.07, 6.45) is 3.80. The number of hydrogen-bond acceptors (Lipinski definition) is 3. The van der Waals surface area contributed by atoms with Crippen molar-refractivity contribution < 1.29 is 9.53 Å². The first kappa shape index (κ1) is 18.8. The van der Waals surface area contributed by atoms with Gasteiger partial charge >= 0.3 is 0 Å². The number of piperidine rings is 1. The van der Waals surface area contributed by atoms with Crippen molar-refractivity contribution in [3.63, 3.8) is 0 Å². The van der Waals surface area contributed by atoms with Crippen LogP contribution in [-0.4, -0.2) is 25.1 Å². The third kappa shape index (κ3) is 4.39. The molecule has 2 aromatic rings. The van der Waals surface area contributed by atoms with Crippen molar-refractivity contribution in [3.8, 4) is 5.75 Å². The van der Waals surface area contributed by atoms with Gasteiger partial charge in [-0.2, -0.15) is 0 Å². The van der Waals surface area contributed by atoms with E-state index in [9.17, 15) is 4.79 Å². The Kier molecular flexibility index (Phi) is 6.20. The summed E-state index contributed by atoms with van der Waals surface area (Å²) >= 11 is 3.45. The average molecular weight is 417 g/mol. The zero-order valence-electron chi connectivity index (χ0n) is 15.3. The fourth-order valence-corrected chi connectivity index (χ4v) is 3.83. The third-order valence-corrected chi connectivity index (χ3v) is 5.37. The highest BCUT2D eigenvalue weighted by Gasteiger charge is 2.18. The van der Waals surface area contributed by atoms with Crippen molar-refractivity contribution in [3.05, 3.63) is 52.5 Å². The second-order valence-corrected chi connectivity index (χ2v) is 7.47. The predicted octanol–water partition coefficient (Wildman–Crippen LogP) is 5.48. The molecule has 1 fully saturated rings. The number of halogens is 1. The van der Waals surface area contributed by atoms with Gasteiger partial charge in [0.1, 0.15) is 5.75 Å². The first-order valence-corrected chi connectivity index (χ1v) is 9.98. The minimum atomic E-state index is -0.132. The molecule has 1 heterocycles. The Hall–Kier alpha value is -2.01. The van der Waals surface area contributed by atoms with Crippen LogP contribution >= 0.6 is 15.9 Å². The maximum Gasteiger partial charge on any atom is 0.255 e. The van der Waals surface area contributed by atoms with E-state index in [1.807, 2.05) is 25.1 Å². The molecule has 0 bridgehead atoms. The first-order valence-electron chi connectivity index (χ1n) is 9.19. The number of nitrogens with zero attached hydrogens (tertiary/aromatic N) is 1. The zero-order valence-corrected chi connectivity index (χ0v) is 16.9. The largest absolute Gasteiger partial charge is 0.493 e. The van der Waals surface area contributed by atoms with E-state index in [2.05, 4.69) is 45.2 Å². The normalized spacial score (nSPS) is 17.0. The molecule has 0 aromatic heterocycles. The van der Waals surface area contributed by atoms with Crippen LogP contribution in [0.1, 0.15) is 43.5 Å². The van der Waals surface area contributed by atoms with Crippen LogP contribution in [0.5, 0.6) is 5.75 Å². The topological polar surface area (TPSA) is 41.6 Å². The number of amides is 1. The SMILES string of the molecule is CCOc1ccc(C(=O)Nc2ccc(N3CCCC[C@H]3C)cc2)cc1Br. The molecule has 4 nitrogen and oxygen atoms in total. The molecule has 1 aliphatic rings. The molecule has 3 rings (SSSR count). The number of hydrogen-bond donors (Lipinski definition) is 1. The van der Waals surface area contributed by atoms with Crippen LogP contribution in [0.15, 0.2) is 46.9 Å².